The van der Waals surface area contributed by atoms with Crippen LogP contribution in [0, 0.1) is 0 Å². The molecule has 3 aromatic rings. The molecule has 1 aliphatic heterocycles. The summed E-state index contributed by atoms with van der Waals surface area (Å²) in [5, 5.41) is 4.59. The Labute approximate surface area is 152 Å². The van der Waals surface area contributed by atoms with Gasteiger partial charge in [-0.25, -0.2) is 9.50 Å². The van der Waals surface area contributed by atoms with E-state index in [4.69, 9.17) is 15.2 Å². The first kappa shape index (κ1) is 16.8. The van der Waals surface area contributed by atoms with Crippen LogP contribution in [0.15, 0.2) is 42.6 Å². The SMILES string of the molecule is Nc1ccc(-c2cnc3ccc(OCCCN4CCOCC4)nn23)cc1. The summed E-state index contributed by atoms with van der Waals surface area (Å²) >= 11 is 0. The van der Waals surface area contributed by atoms with Gasteiger partial charge in [-0.3, -0.25) is 4.90 Å². The van der Waals surface area contributed by atoms with Crippen LogP contribution >= 0.6 is 0 Å². The summed E-state index contributed by atoms with van der Waals surface area (Å²) in [5.74, 6) is 0.606. The highest BCUT2D eigenvalue weighted by molar-refractivity contribution is 5.65. The van der Waals surface area contributed by atoms with E-state index < -0.39 is 0 Å². The molecule has 0 aliphatic carbocycles. The van der Waals surface area contributed by atoms with Crippen LogP contribution in [0.25, 0.3) is 16.9 Å². The van der Waals surface area contributed by atoms with Crippen molar-refractivity contribution in [2.24, 2.45) is 0 Å². The first-order chi connectivity index (χ1) is 12.8. The van der Waals surface area contributed by atoms with Crippen molar-refractivity contribution >= 4 is 11.3 Å². The number of nitrogens with zero attached hydrogens (tertiary/aromatic N) is 4. The average molecular weight is 353 g/mol. The molecule has 2 N–H and O–H groups in total. The minimum Gasteiger partial charge on any atom is -0.477 e. The van der Waals surface area contributed by atoms with Crippen molar-refractivity contribution in [2.75, 3.05) is 45.2 Å². The van der Waals surface area contributed by atoms with Gasteiger partial charge in [-0.15, -0.1) is 5.10 Å². The minimum absolute atomic E-state index is 0.606. The van der Waals surface area contributed by atoms with E-state index >= 15 is 0 Å². The van der Waals surface area contributed by atoms with Crippen LogP contribution in [-0.4, -0.2) is 59.0 Å². The van der Waals surface area contributed by atoms with E-state index in [0.717, 1.165) is 61.9 Å². The third-order valence-corrected chi connectivity index (χ3v) is 4.52. The topological polar surface area (TPSA) is 77.9 Å². The molecule has 4 rings (SSSR count). The first-order valence-corrected chi connectivity index (χ1v) is 8.93. The number of imidazole rings is 1. The zero-order chi connectivity index (χ0) is 17.8. The largest absolute Gasteiger partial charge is 0.477 e. The third kappa shape index (κ3) is 3.79. The van der Waals surface area contributed by atoms with E-state index in [2.05, 4.69) is 15.0 Å². The summed E-state index contributed by atoms with van der Waals surface area (Å²) in [6, 6.07) is 11.5. The molecule has 26 heavy (non-hydrogen) atoms. The molecule has 0 radical (unpaired) electrons. The van der Waals surface area contributed by atoms with E-state index in [1.165, 1.54) is 0 Å². The van der Waals surface area contributed by atoms with Crippen LogP contribution < -0.4 is 10.5 Å². The third-order valence-electron chi connectivity index (χ3n) is 4.52. The lowest BCUT2D eigenvalue weighted by molar-refractivity contribution is 0.0357. The number of rotatable bonds is 6. The van der Waals surface area contributed by atoms with Crippen molar-refractivity contribution in [3.63, 3.8) is 0 Å². The molecule has 3 heterocycles. The number of aromatic nitrogens is 3. The van der Waals surface area contributed by atoms with Crippen molar-refractivity contribution < 1.29 is 9.47 Å². The fourth-order valence-corrected chi connectivity index (χ4v) is 3.07. The molecule has 2 aromatic heterocycles. The van der Waals surface area contributed by atoms with Crippen molar-refractivity contribution in [2.45, 2.75) is 6.42 Å². The summed E-state index contributed by atoms with van der Waals surface area (Å²) < 4.78 is 13.0. The Kier molecular flexibility index (Phi) is 4.99. The van der Waals surface area contributed by atoms with Crippen LogP contribution in [0.3, 0.4) is 0 Å². The van der Waals surface area contributed by atoms with Crippen molar-refractivity contribution in [1.29, 1.82) is 0 Å². The number of ether oxygens (including phenoxy) is 2. The van der Waals surface area contributed by atoms with Crippen LogP contribution in [-0.2, 0) is 4.74 Å². The van der Waals surface area contributed by atoms with Crippen LogP contribution in [0.2, 0.25) is 0 Å². The van der Waals surface area contributed by atoms with Crippen LogP contribution in [0.4, 0.5) is 5.69 Å². The van der Waals surface area contributed by atoms with Gasteiger partial charge in [0.2, 0.25) is 5.88 Å². The lowest BCUT2D eigenvalue weighted by Gasteiger charge is -2.26. The Balaban J connectivity index is 1.41. The van der Waals surface area contributed by atoms with Gasteiger partial charge in [0.05, 0.1) is 31.7 Å². The number of hydrogen-bond donors (Lipinski definition) is 1. The summed E-state index contributed by atoms with van der Waals surface area (Å²) in [4.78, 5) is 6.81. The maximum atomic E-state index is 5.85. The number of benzene rings is 1. The predicted octanol–water partition coefficient (Wildman–Crippen LogP) is 2.08. The zero-order valence-corrected chi connectivity index (χ0v) is 14.7. The van der Waals surface area contributed by atoms with Gasteiger partial charge >= 0.3 is 0 Å². The van der Waals surface area contributed by atoms with E-state index in [9.17, 15) is 0 Å². The number of morpholine rings is 1. The Morgan fingerprint density at radius 2 is 1.88 bits per heavy atom. The molecule has 7 heteroatoms. The van der Waals surface area contributed by atoms with Crippen molar-refractivity contribution in [3.05, 3.63) is 42.6 Å². The van der Waals surface area contributed by atoms with Gasteiger partial charge in [-0.05, 0) is 24.6 Å². The molecule has 0 saturated carbocycles. The fraction of sp³-hybridized carbons (Fsp3) is 0.368. The fourth-order valence-electron chi connectivity index (χ4n) is 3.07. The van der Waals surface area contributed by atoms with Gasteiger partial charge in [-0.2, -0.15) is 0 Å². The van der Waals surface area contributed by atoms with Gasteiger partial charge in [0, 0.05) is 37.0 Å². The molecule has 1 aliphatic rings. The highest BCUT2D eigenvalue weighted by Crippen LogP contribution is 2.22. The number of anilines is 1. The molecule has 1 aromatic carbocycles. The van der Waals surface area contributed by atoms with Gasteiger partial charge in [0.25, 0.3) is 0 Å². The zero-order valence-electron chi connectivity index (χ0n) is 14.7. The highest BCUT2D eigenvalue weighted by atomic mass is 16.5. The van der Waals surface area contributed by atoms with Gasteiger partial charge in [-0.1, -0.05) is 12.1 Å². The van der Waals surface area contributed by atoms with E-state index in [1.807, 2.05) is 47.1 Å². The molecule has 0 spiro atoms. The monoisotopic (exact) mass is 353 g/mol. The van der Waals surface area contributed by atoms with E-state index in [0.29, 0.717) is 12.5 Å². The maximum Gasteiger partial charge on any atom is 0.231 e. The van der Waals surface area contributed by atoms with Crippen molar-refractivity contribution in [3.8, 4) is 17.1 Å². The second kappa shape index (κ2) is 7.72. The standard InChI is InChI=1S/C19H23N5O2/c20-16-4-2-15(3-5-16)17-14-21-18-6-7-19(22-24(17)18)26-11-1-8-23-9-12-25-13-10-23/h2-7,14H,1,8-13,20H2. The second-order valence-electron chi connectivity index (χ2n) is 6.36. The molecule has 0 unspecified atom stereocenters. The number of fused-ring (bicyclic) bond motifs is 1. The Hall–Kier alpha value is -2.64. The molecule has 136 valence electrons. The van der Waals surface area contributed by atoms with Gasteiger partial charge in [0.1, 0.15) is 0 Å². The first-order valence-electron chi connectivity index (χ1n) is 8.93. The normalized spacial score (nSPS) is 15.4. The molecule has 7 nitrogen and oxygen atoms in total. The molecule has 0 amide bonds. The predicted molar refractivity (Wildman–Crippen MR) is 100 cm³/mol. The van der Waals surface area contributed by atoms with E-state index in [1.54, 1.807) is 0 Å². The minimum atomic E-state index is 0.606. The van der Waals surface area contributed by atoms with Crippen LogP contribution in [0.5, 0.6) is 5.88 Å². The van der Waals surface area contributed by atoms with Crippen LogP contribution in [0.1, 0.15) is 6.42 Å². The molecule has 1 saturated heterocycles. The van der Waals surface area contributed by atoms with Gasteiger partial charge < -0.3 is 15.2 Å². The summed E-state index contributed by atoms with van der Waals surface area (Å²) in [6.45, 7) is 5.32. The number of nitrogens with two attached hydrogens (primary N) is 1. The van der Waals surface area contributed by atoms with Gasteiger partial charge in [0.15, 0.2) is 5.65 Å². The Morgan fingerprint density at radius 3 is 2.69 bits per heavy atom. The summed E-state index contributed by atoms with van der Waals surface area (Å²) in [7, 11) is 0. The molecular formula is C19H23N5O2. The summed E-state index contributed by atoms with van der Waals surface area (Å²) in [5.41, 5.74) is 9.23. The Bertz CT molecular complexity index is 856. The Morgan fingerprint density at radius 1 is 1.08 bits per heavy atom. The molecule has 0 bridgehead atoms. The lowest BCUT2D eigenvalue weighted by atomic mass is 10.1. The van der Waals surface area contributed by atoms with Crippen molar-refractivity contribution in [1.82, 2.24) is 19.5 Å². The second-order valence-corrected chi connectivity index (χ2v) is 6.36. The average Bonchev–Trinajstić information content (AvgIpc) is 3.10. The molecule has 0 atom stereocenters. The maximum absolute atomic E-state index is 5.85. The molecule has 1 fully saturated rings. The smallest absolute Gasteiger partial charge is 0.231 e. The number of nitrogen functional groups attached to an aromatic ring is 1. The lowest BCUT2D eigenvalue weighted by Crippen LogP contribution is -2.37. The number of hydrogen-bond acceptors (Lipinski definition) is 6. The highest BCUT2D eigenvalue weighted by Gasteiger charge is 2.11. The quantitative estimate of drug-likeness (QED) is 0.540. The molecular weight excluding hydrogens is 330 g/mol. The summed E-state index contributed by atoms with van der Waals surface area (Å²) in [6.07, 6.45) is 2.78. The van der Waals surface area contributed by atoms with E-state index in [-0.39, 0.29) is 0 Å².